The molecule has 1 aromatic heterocycles. The Labute approximate surface area is 175 Å². The van der Waals surface area contributed by atoms with E-state index in [0.29, 0.717) is 37.5 Å². The Morgan fingerprint density at radius 3 is 2.40 bits per heavy atom. The largest absolute Gasteiger partial charge is 0.493 e. The van der Waals surface area contributed by atoms with Crippen LogP contribution in [0.15, 0.2) is 36.9 Å². The predicted molar refractivity (Wildman–Crippen MR) is 114 cm³/mol. The van der Waals surface area contributed by atoms with Crippen molar-refractivity contribution in [1.29, 1.82) is 0 Å². The number of nitrogens with two attached hydrogens (primary N) is 2. The van der Waals surface area contributed by atoms with Crippen molar-refractivity contribution in [3.8, 4) is 17.0 Å². The number of benzene rings is 1. The second-order valence-electron chi connectivity index (χ2n) is 7.96. The van der Waals surface area contributed by atoms with Crippen LogP contribution < -0.4 is 16.2 Å². The van der Waals surface area contributed by atoms with Gasteiger partial charge in [0, 0.05) is 18.7 Å². The Balaban J connectivity index is 1.56. The lowest BCUT2D eigenvalue weighted by atomic mass is 10.0. The average Bonchev–Trinajstić information content (AvgIpc) is 3.53. The summed E-state index contributed by atoms with van der Waals surface area (Å²) in [6.45, 7) is 5.44. The highest BCUT2D eigenvalue weighted by Crippen LogP contribution is 2.34. The number of nitrogens with zero attached hydrogens (tertiary/aromatic N) is 3. The van der Waals surface area contributed by atoms with Gasteiger partial charge in [-0.15, -0.1) is 0 Å². The van der Waals surface area contributed by atoms with Gasteiger partial charge >= 0.3 is 0 Å². The number of primary amides is 1. The van der Waals surface area contributed by atoms with Gasteiger partial charge in [0.25, 0.3) is 5.91 Å². The number of piperidine rings is 1. The summed E-state index contributed by atoms with van der Waals surface area (Å²) in [7, 11) is 0. The number of amides is 2. The van der Waals surface area contributed by atoms with Crippen molar-refractivity contribution in [1.82, 2.24) is 14.7 Å². The van der Waals surface area contributed by atoms with Crippen LogP contribution in [-0.2, 0) is 4.79 Å². The molecule has 2 aliphatic rings. The molecular formula is C22H27N5O3. The van der Waals surface area contributed by atoms with E-state index in [9.17, 15) is 9.59 Å². The van der Waals surface area contributed by atoms with Crippen LogP contribution in [0.3, 0.4) is 0 Å². The molecule has 1 saturated carbocycles. The topological polar surface area (TPSA) is 116 Å². The molecule has 2 heterocycles. The minimum Gasteiger partial charge on any atom is -0.493 e. The lowest BCUT2D eigenvalue weighted by molar-refractivity contribution is -0.127. The maximum Gasteiger partial charge on any atom is 0.254 e. The monoisotopic (exact) mass is 409 g/mol. The van der Waals surface area contributed by atoms with E-state index in [2.05, 4.69) is 11.7 Å². The Bertz CT molecular complexity index is 954. The molecule has 4 N–H and O–H groups in total. The van der Waals surface area contributed by atoms with Gasteiger partial charge < -0.3 is 21.1 Å². The number of nitrogen functional groups attached to an aromatic ring is 1. The van der Waals surface area contributed by atoms with E-state index in [1.54, 1.807) is 9.58 Å². The molecule has 0 radical (unpaired) electrons. The van der Waals surface area contributed by atoms with Gasteiger partial charge in [-0.1, -0.05) is 6.58 Å². The average molecular weight is 409 g/mol. The van der Waals surface area contributed by atoms with Gasteiger partial charge in [-0.05, 0) is 61.9 Å². The molecule has 1 aliphatic heterocycles. The Morgan fingerprint density at radius 1 is 1.17 bits per heavy atom. The number of rotatable bonds is 7. The maximum absolute atomic E-state index is 12.1. The van der Waals surface area contributed by atoms with Gasteiger partial charge in [-0.2, -0.15) is 5.10 Å². The van der Waals surface area contributed by atoms with E-state index < -0.39 is 5.91 Å². The smallest absolute Gasteiger partial charge is 0.254 e. The Hall–Kier alpha value is -3.29. The first kappa shape index (κ1) is 20.0. The third-order valence-electron chi connectivity index (χ3n) is 5.80. The van der Waals surface area contributed by atoms with E-state index >= 15 is 0 Å². The number of hydrogen-bond acceptors (Lipinski definition) is 5. The normalized spacial score (nSPS) is 17.0. The van der Waals surface area contributed by atoms with Crippen LogP contribution in [0.2, 0.25) is 0 Å². The molecule has 1 saturated heterocycles. The fraction of sp³-hybridized carbons (Fsp3) is 0.409. The van der Waals surface area contributed by atoms with E-state index in [0.717, 1.165) is 17.9 Å². The predicted octanol–water partition coefficient (Wildman–Crippen LogP) is 2.37. The van der Waals surface area contributed by atoms with Crippen molar-refractivity contribution in [2.24, 2.45) is 11.7 Å². The molecule has 0 unspecified atom stereocenters. The molecule has 8 nitrogen and oxygen atoms in total. The molecular weight excluding hydrogens is 382 g/mol. The second kappa shape index (κ2) is 8.22. The van der Waals surface area contributed by atoms with Gasteiger partial charge in [0.2, 0.25) is 5.91 Å². The molecule has 2 aromatic rings. The minimum atomic E-state index is -0.609. The van der Waals surface area contributed by atoms with Crippen LogP contribution in [0.1, 0.15) is 42.1 Å². The van der Waals surface area contributed by atoms with E-state index in [1.807, 2.05) is 24.3 Å². The molecule has 0 spiro atoms. The van der Waals surface area contributed by atoms with Crippen LogP contribution in [0, 0.1) is 5.92 Å². The molecule has 0 atom stereocenters. The van der Waals surface area contributed by atoms with E-state index in [4.69, 9.17) is 16.2 Å². The lowest BCUT2D eigenvalue weighted by Crippen LogP contribution is -2.38. The highest BCUT2D eigenvalue weighted by atomic mass is 16.5. The summed E-state index contributed by atoms with van der Waals surface area (Å²) >= 11 is 0. The van der Waals surface area contributed by atoms with Crippen LogP contribution in [-0.4, -0.2) is 46.2 Å². The molecule has 30 heavy (non-hydrogen) atoms. The van der Waals surface area contributed by atoms with Gasteiger partial charge in [-0.3, -0.25) is 9.59 Å². The number of carbonyl (C=O) groups is 2. The highest BCUT2D eigenvalue weighted by molar-refractivity contribution is 6.03. The van der Waals surface area contributed by atoms with Crippen molar-refractivity contribution >= 4 is 17.6 Å². The number of anilines is 1. The molecule has 2 fully saturated rings. The summed E-state index contributed by atoms with van der Waals surface area (Å²) in [5.41, 5.74) is 13.4. The molecule has 1 aliphatic carbocycles. The lowest BCUT2D eigenvalue weighted by Gasteiger charge is -2.31. The number of hydrogen-bond donors (Lipinski definition) is 2. The Morgan fingerprint density at radius 2 is 1.83 bits per heavy atom. The quantitative estimate of drug-likeness (QED) is 0.681. The molecule has 158 valence electrons. The van der Waals surface area contributed by atoms with Crippen LogP contribution in [0.4, 0.5) is 5.82 Å². The minimum absolute atomic E-state index is 0.00753. The highest BCUT2D eigenvalue weighted by Gasteiger charge is 2.29. The summed E-state index contributed by atoms with van der Waals surface area (Å²) in [5.74, 6) is 1.04. The van der Waals surface area contributed by atoms with Crippen molar-refractivity contribution in [2.45, 2.75) is 31.7 Å². The van der Waals surface area contributed by atoms with Gasteiger partial charge in [0.05, 0.1) is 12.6 Å². The van der Waals surface area contributed by atoms with Crippen LogP contribution in [0.25, 0.3) is 11.3 Å². The van der Waals surface area contributed by atoms with Crippen LogP contribution >= 0.6 is 0 Å². The Kier molecular flexibility index (Phi) is 5.48. The van der Waals surface area contributed by atoms with Gasteiger partial charge in [0.1, 0.15) is 22.8 Å². The standard InChI is InChI=1S/C22H27N5O3/c1-2-18(28)26-11-9-16(10-12-26)27-21(23)19(22(24)29)20(25-27)15-5-7-17(8-6-15)30-13-14-3-4-14/h2,5-8,14,16H,1,3-4,9-13,23H2,(H2,24,29). The summed E-state index contributed by atoms with van der Waals surface area (Å²) in [6, 6.07) is 7.47. The first-order valence-corrected chi connectivity index (χ1v) is 10.3. The summed E-state index contributed by atoms with van der Waals surface area (Å²) < 4.78 is 7.46. The fourth-order valence-electron chi connectivity index (χ4n) is 3.84. The van der Waals surface area contributed by atoms with Crippen molar-refractivity contribution in [3.63, 3.8) is 0 Å². The first-order valence-electron chi connectivity index (χ1n) is 10.3. The second-order valence-corrected chi connectivity index (χ2v) is 7.96. The molecule has 2 amide bonds. The molecule has 4 rings (SSSR count). The van der Waals surface area contributed by atoms with Crippen molar-refractivity contribution in [2.75, 3.05) is 25.4 Å². The summed E-state index contributed by atoms with van der Waals surface area (Å²) in [5, 5.41) is 4.66. The fourth-order valence-corrected chi connectivity index (χ4v) is 3.84. The summed E-state index contributed by atoms with van der Waals surface area (Å²) in [6.07, 6.45) is 5.17. The van der Waals surface area contributed by atoms with E-state index in [-0.39, 0.29) is 23.3 Å². The maximum atomic E-state index is 12.1. The number of aromatic nitrogens is 2. The zero-order chi connectivity index (χ0) is 21.3. The van der Waals surface area contributed by atoms with Crippen molar-refractivity contribution < 1.29 is 14.3 Å². The molecule has 0 bridgehead atoms. The van der Waals surface area contributed by atoms with Gasteiger partial charge in [0.15, 0.2) is 0 Å². The number of carbonyl (C=O) groups excluding carboxylic acids is 2. The van der Waals surface area contributed by atoms with Crippen LogP contribution in [0.5, 0.6) is 5.75 Å². The third kappa shape index (κ3) is 4.03. The zero-order valence-electron chi connectivity index (χ0n) is 16.9. The van der Waals surface area contributed by atoms with Crippen molar-refractivity contribution in [3.05, 3.63) is 42.5 Å². The number of likely N-dealkylation sites (tertiary alicyclic amines) is 1. The summed E-state index contributed by atoms with van der Waals surface area (Å²) in [4.78, 5) is 25.7. The number of ether oxygens (including phenoxy) is 1. The van der Waals surface area contributed by atoms with E-state index in [1.165, 1.54) is 18.9 Å². The third-order valence-corrected chi connectivity index (χ3v) is 5.80. The SMILES string of the molecule is C=CC(=O)N1CCC(n2nc(-c3ccc(OCC4CC4)cc3)c(C(N)=O)c2N)CC1. The molecule has 8 heteroatoms. The molecule has 1 aromatic carbocycles. The van der Waals surface area contributed by atoms with Gasteiger partial charge in [-0.25, -0.2) is 4.68 Å². The zero-order valence-corrected chi connectivity index (χ0v) is 16.9. The first-order chi connectivity index (χ1) is 14.5.